The van der Waals surface area contributed by atoms with Gasteiger partial charge in [0, 0.05) is 22.8 Å². The lowest BCUT2D eigenvalue weighted by molar-refractivity contribution is 0.170. The van der Waals surface area contributed by atoms with Crippen LogP contribution in [-0.4, -0.2) is 16.4 Å². The Labute approximate surface area is 155 Å². The molecule has 5 aromatic rings. The molecule has 2 aromatic heterocycles. The van der Waals surface area contributed by atoms with Crippen LogP contribution in [0.4, 0.5) is 0 Å². The Morgan fingerprint density at radius 1 is 0.778 bits per heavy atom. The van der Waals surface area contributed by atoms with Crippen molar-refractivity contribution in [1.82, 2.24) is 9.30 Å². The predicted octanol–water partition coefficient (Wildman–Crippen LogP) is 4.22. The first-order valence-electron chi connectivity index (χ1n) is 8.92. The second kappa shape index (κ2) is 6.02. The Hall–Kier alpha value is -3.53. The number of para-hydroxylation sites is 2. The van der Waals surface area contributed by atoms with E-state index in [1.165, 1.54) is 17.4 Å². The molecule has 5 rings (SSSR count). The summed E-state index contributed by atoms with van der Waals surface area (Å²) in [4.78, 5) is 18.7. The Bertz CT molecular complexity index is 1350. The van der Waals surface area contributed by atoms with Gasteiger partial charge in [-0.1, -0.05) is 66.7 Å². The molecule has 0 bridgehead atoms. The van der Waals surface area contributed by atoms with Crippen LogP contribution in [0.2, 0.25) is 0 Å². The van der Waals surface area contributed by atoms with E-state index >= 15 is 0 Å². The van der Waals surface area contributed by atoms with Crippen LogP contribution in [0.3, 0.4) is 0 Å². The lowest BCUT2D eigenvalue weighted by Crippen LogP contribution is -2.25. The minimum absolute atomic E-state index is 0.130. The Balaban J connectivity index is 2.00. The molecule has 0 saturated carbocycles. The summed E-state index contributed by atoms with van der Waals surface area (Å²) < 4.78 is 3.63. The summed E-state index contributed by atoms with van der Waals surface area (Å²) >= 11 is 0. The lowest BCUT2D eigenvalue weighted by atomic mass is 10.1. The van der Waals surface area contributed by atoms with Crippen molar-refractivity contribution in [2.45, 2.75) is 6.54 Å². The summed E-state index contributed by atoms with van der Waals surface area (Å²) in [6, 6.07) is 26.3. The highest BCUT2D eigenvalue weighted by Gasteiger charge is 2.19. The van der Waals surface area contributed by atoms with Gasteiger partial charge < -0.3 is 9.40 Å². The highest BCUT2D eigenvalue weighted by atomic mass is 16.6. The summed E-state index contributed by atoms with van der Waals surface area (Å²) in [5.74, 6) is 0. The first-order valence-corrected chi connectivity index (χ1v) is 8.92. The number of pyridine rings is 1. The highest BCUT2D eigenvalue weighted by molar-refractivity contribution is 6.16. The van der Waals surface area contributed by atoms with E-state index in [4.69, 9.17) is 4.84 Å². The fourth-order valence-corrected chi connectivity index (χ4v) is 3.97. The molecule has 0 amide bonds. The lowest BCUT2D eigenvalue weighted by Gasteiger charge is -2.12. The normalized spacial score (nSPS) is 11.4. The second-order valence-electron chi connectivity index (χ2n) is 6.61. The summed E-state index contributed by atoms with van der Waals surface area (Å²) in [5.41, 5.74) is 3.84. The maximum atomic E-state index is 13.3. The molecule has 0 saturated heterocycles. The summed E-state index contributed by atoms with van der Waals surface area (Å²) in [7, 11) is 1.53. The molecule has 3 aromatic carbocycles. The smallest absolute Gasteiger partial charge is 0.293 e. The van der Waals surface area contributed by atoms with Crippen LogP contribution < -0.4 is 10.4 Å². The molecule has 0 fully saturated rings. The van der Waals surface area contributed by atoms with Crippen molar-refractivity contribution >= 4 is 32.7 Å². The van der Waals surface area contributed by atoms with E-state index in [1.807, 2.05) is 60.7 Å². The Morgan fingerprint density at radius 3 is 2.15 bits per heavy atom. The van der Waals surface area contributed by atoms with E-state index in [0.29, 0.717) is 11.9 Å². The average molecular weight is 354 g/mol. The van der Waals surface area contributed by atoms with Gasteiger partial charge in [0.2, 0.25) is 0 Å². The van der Waals surface area contributed by atoms with Crippen molar-refractivity contribution in [1.29, 1.82) is 0 Å². The van der Waals surface area contributed by atoms with Crippen molar-refractivity contribution in [2.24, 2.45) is 0 Å². The number of hydrogen-bond donors (Lipinski definition) is 0. The van der Waals surface area contributed by atoms with E-state index in [-0.39, 0.29) is 5.56 Å². The van der Waals surface area contributed by atoms with Gasteiger partial charge in [-0.2, -0.15) is 0 Å². The van der Waals surface area contributed by atoms with Crippen molar-refractivity contribution < 1.29 is 4.84 Å². The fraction of sp³-hybridized carbons (Fsp3) is 0.0870. The summed E-state index contributed by atoms with van der Waals surface area (Å²) in [6.07, 6.45) is 0. The molecule has 4 heteroatoms. The third kappa shape index (κ3) is 2.27. The van der Waals surface area contributed by atoms with Gasteiger partial charge in [0.05, 0.1) is 16.4 Å². The molecule has 0 N–H and O–H groups in total. The third-order valence-electron chi connectivity index (χ3n) is 5.11. The fourth-order valence-electron chi connectivity index (χ4n) is 3.97. The van der Waals surface area contributed by atoms with Crippen LogP contribution in [-0.2, 0) is 6.54 Å². The molecule has 0 atom stereocenters. The van der Waals surface area contributed by atoms with Crippen LogP contribution in [0.15, 0.2) is 83.7 Å². The van der Waals surface area contributed by atoms with E-state index in [1.54, 1.807) is 0 Å². The van der Waals surface area contributed by atoms with Gasteiger partial charge in [-0.3, -0.25) is 4.79 Å². The van der Waals surface area contributed by atoms with Gasteiger partial charge in [0.1, 0.15) is 7.11 Å². The van der Waals surface area contributed by atoms with E-state index in [9.17, 15) is 4.79 Å². The second-order valence-corrected chi connectivity index (χ2v) is 6.61. The minimum atomic E-state index is -0.130. The number of nitrogens with zero attached hydrogens (tertiary/aromatic N) is 2. The standard InChI is InChI=1S/C23H18N2O2/c1-27-25-20-14-8-6-12-18(20)22-21(23(25)26)17-11-5-7-13-19(17)24(22)15-16-9-3-2-4-10-16/h2-14H,15H2,1H3. The molecule has 2 heterocycles. The van der Waals surface area contributed by atoms with Gasteiger partial charge in [-0.05, 0) is 17.7 Å². The predicted molar refractivity (Wildman–Crippen MR) is 109 cm³/mol. The first kappa shape index (κ1) is 15.7. The molecule has 0 aliphatic heterocycles. The van der Waals surface area contributed by atoms with E-state index < -0.39 is 0 Å². The molecule has 0 aliphatic rings. The van der Waals surface area contributed by atoms with Crippen molar-refractivity contribution in [3.8, 4) is 0 Å². The van der Waals surface area contributed by atoms with Gasteiger partial charge in [-0.25, -0.2) is 0 Å². The number of rotatable bonds is 3. The van der Waals surface area contributed by atoms with Gasteiger partial charge >= 0.3 is 0 Å². The quantitative estimate of drug-likeness (QED) is 0.486. The van der Waals surface area contributed by atoms with Crippen LogP contribution in [0.5, 0.6) is 0 Å². The van der Waals surface area contributed by atoms with E-state index in [0.717, 1.165) is 27.3 Å². The monoisotopic (exact) mass is 354 g/mol. The molecule has 0 unspecified atom stereocenters. The zero-order valence-electron chi connectivity index (χ0n) is 14.9. The maximum absolute atomic E-state index is 13.3. The molecular formula is C23H18N2O2. The number of fused-ring (bicyclic) bond motifs is 5. The van der Waals surface area contributed by atoms with Crippen LogP contribution in [0.1, 0.15) is 5.56 Å². The topological polar surface area (TPSA) is 36.2 Å². The number of benzene rings is 3. The Kier molecular flexibility index (Phi) is 3.50. The van der Waals surface area contributed by atoms with Gasteiger partial charge in [0.15, 0.2) is 0 Å². The summed E-state index contributed by atoms with van der Waals surface area (Å²) in [5, 5.41) is 2.65. The third-order valence-corrected chi connectivity index (χ3v) is 5.11. The molecule has 27 heavy (non-hydrogen) atoms. The van der Waals surface area contributed by atoms with Crippen LogP contribution in [0.25, 0.3) is 32.7 Å². The SMILES string of the molecule is COn1c(=O)c2c3ccccc3n(Cc3ccccc3)c2c2ccccc21. The molecule has 0 radical (unpaired) electrons. The first-order chi connectivity index (χ1) is 13.3. The van der Waals surface area contributed by atoms with Crippen molar-refractivity contribution in [3.05, 3.63) is 94.8 Å². The van der Waals surface area contributed by atoms with Crippen molar-refractivity contribution in [2.75, 3.05) is 7.11 Å². The zero-order valence-corrected chi connectivity index (χ0v) is 14.9. The van der Waals surface area contributed by atoms with Gasteiger partial charge in [-0.15, -0.1) is 4.73 Å². The van der Waals surface area contributed by atoms with E-state index in [2.05, 4.69) is 22.8 Å². The number of aromatic nitrogens is 2. The maximum Gasteiger partial charge on any atom is 0.293 e. The number of hydrogen-bond acceptors (Lipinski definition) is 2. The zero-order chi connectivity index (χ0) is 18.4. The summed E-state index contributed by atoms with van der Waals surface area (Å²) in [6.45, 7) is 0.700. The minimum Gasteiger partial charge on any atom is -0.413 e. The van der Waals surface area contributed by atoms with Crippen molar-refractivity contribution in [3.63, 3.8) is 0 Å². The Morgan fingerprint density at radius 2 is 1.41 bits per heavy atom. The molecule has 4 nitrogen and oxygen atoms in total. The van der Waals surface area contributed by atoms with Crippen LogP contribution >= 0.6 is 0 Å². The highest BCUT2D eigenvalue weighted by Crippen LogP contribution is 2.32. The molecular weight excluding hydrogens is 336 g/mol. The average Bonchev–Trinajstić information content (AvgIpc) is 3.04. The largest absolute Gasteiger partial charge is 0.413 e. The molecule has 0 spiro atoms. The molecule has 0 aliphatic carbocycles. The van der Waals surface area contributed by atoms with Gasteiger partial charge in [0.25, 0.3) is 5.56 Å². The molecule has 132 valence electrons. The van der Waals surface area contributed by atoms with Crippen LogP contribution in [0, 0.1) is 0 Å².